The molecule has 0 fully saturated rings. The first-order chi connectivity index (χ1) is 10.7. The summed E-state index contributed by atoms with van der Waals surface area (Å²) >= 11 is 0. The number of nitrogens with zero attached hydrogens (tertiary/aromatic N) is 4. The van der Waals surface area contributed by atoms with E-state index in [9.17, 15) is 0 Å². The summed E-state index contributed by atoms with van der Waals surface area (Å²) in [7, 11) is 0. The van der Waals surface area contributed by atoms with Gasteiger partial charge in [-0.1, -0.05) is 6.07 Å². The molecular weight excluding hydrogens is 274 g/mol. The van der Waals surface area contributed by atoms with Crippen LogP contribution in [0.3, 0.4) is 0 Å². The van der Waals surface area contributed by atoms with Crippen LogP contribution in [0.5, 0.6) is 0 Å². The normalized spacial score (nSPS) is 18.3. The van der Waals surface area contributed by atoms with Crippen molar-refractivity contribution in [3.05, 3.63) is 29.6 Å². The SMILES string of the molecule is CC1=NCCCCN(CCN)CCN=C(C)c2cccc1n2. The highest BCUT2D eigenvalue weighted by molar-refractivity contribution is 6.00. The van der Waals surface area contributed by atoms with Crippen LogP contribution in [0.4, 0.5) is 0 Å². The Labute approximate surface area is 133 Å². The molecule has 2 bridgehead atoms. The van der Waals surface area contributed by atoms with Crippen molar-refractivity contribution in [3.8, 4) is 0 Å². The summed E-state index contributed by atoms with van der Waals surface area (Å²) in [5, 5.41) is 0. The number of nitrogens with two attached hydrogens (primary N) is 1. The van der Waals surface area contributed by atoms with Crippen molar-refractivity contribution in [1.29, 1.82) is 0 Å². The highest BCUT2D eigenvalue weighted by Crippen LogP contribution is 2.05. The second-order valence-electron chi connectivity index (χ2n) is 5.68. The van der Waals surface area contributed by atoms with Crippen LogP contribution in [0.15, 0.2) is 28.2 Å². The van der Waals surface area contributed by atoms with E-state index in [2.05, 4.69) is 19.9 Å². The molecular formula is C17H27N5. The lowest BCUT2D eigenvalue weighted by molar-refractivity contribution is 0.283. The monoisotopic (exact) mass is 301 g/mol. The Morgan fingerprint density at radius 1 is 1.00 bits per heavy atom. The van der Waals surface area contributed by atoms with Crippen LogP contribution in [-0.4, -0.2) is 60.6 Å². The highest BCUT2D eigenvalue weighted by Gasteiger charge is 2.07. The molecule has 1 aliphatic rings. The van der Waals surface area contributed by atoms with Gasteiger partial charge in [-0.15, -0.1) is 0 Å². The van der Waals surface area contributed by atoms with Crippen LogP contribution in [-0.2, 0) is 0 Å². The Kier molecular flexibility index (Phi) is 6.68. The fourth-order valence-corrected chi connectivity index (χ4v) is 2.57. The van der Waals surface area contributed by atoms with Crippen molar-refractivity contribution in [3.63, 3.8) is 0 Å². The fraction of sp³-hybridized carbons (Fsp3) is 0.588. The summed E-state index contributed by atoms with van der Waals surface area (Å²) in [6, 6.07) is 6.06. The van der Waals surface area contributed by atoms with E-state index in [4.69, 9.17) is 5.73 Å². The maximum absolute atomic E-state index is 5.70. The molecule has 2 heterocycles. The summed E-state index contributed by atoms with van der Waals surface area (Å²) in [4.78, 5) is 16.4. The molecule has 22 heavy (non-hydrogen) atoms. The van der Waals surface area contributed by atoms with Crippen LogP contribution in [0.2, 0.25) is 0 Å². The first-order valence-corrected chi connectivity index (χ1v) is 8.13. The minimum atomic E-state index is 0.698. The predicted octanol–water partition coefficient (Wildman–Crippen LogP) is 1.75. The van der Waals surface area contributed by atoms with Crippen molar-refractivity contribution in [2.24, 2.45) is 15.7 Å². The van der Waals surface area contributed by atoms with E-state index in [1.807, 2.05) is 32.0 Å². The molecule has 0 unspecified atom stereocenters. The van der Waals surface area contributed by atoms with E-state index in [0.717, 1.165) is 68.4 Å². The van der Waals surface area contributed by atoms with Crippen molar-refractivity contribution in [1.82, 2.24) is 9.88 Å². The Morgan fingerprint density at radius 3 is 2.36 bits per heavy atom. The largest absolute Gasteiger partial charge is 0.329 e. The number of aromatic nitrogens is 1. The number of hydrogen-bond donors (Lipinski definition) is 1. The van der Waals surface area contributed by atoms with Crippen LogP contribution in [0.1, 0.15) is 38.1 Å². The van der Waals surface area contributed by atoms with Gasteiger partial charge in [0, 0.05) is 26.2 Å². The average Bonchev–Trinajstić information content (AvgIpc) is 2.53. The Bertz CT molecular complexity index is 536. The number of aliphatic imine (C=N–C) groups is 2. The molecule has 0 spiro atoms. The highest BCUT2D eigenvalue weighted by atomic mass is 15.1. The van der Waals surface area contributed by atoms with Crippen LogP contribution in [0.25, 0.3) is 0 Å². The zero-order chi connectivity index (χ0) is 15.8. The standard InChI is InChI=1S/C17H27N5/c1-14-16-6-5-7-17(21-16)15(2)20-10-13-22(12-8-18)11-4-3-9-19-14/h5-7H,3-4,8-13,18H2,1-2H3. The van der Waals surface area contributed by atoms with Crippen LogP contribution >= 0.6 is 0 Å². The molecule has 0 radical (unpaired) electrons. The van der Waals surface area contributed by atoms with E-state index in [1.54, 1.807) is 0 Å². The predicted molar refractivity (Wildman–Crippen MR) is 93.1 cm³/mol. The van der Waals surface area contributed by atoms with Gasteiger partial charge in [0.05, 0.1) is 29.4 Å². The Morgan fingerprint density at radius 2 is 1.68 bits per heavy atom. The minimum absolute atomic E-state index is 0.698. The lowest BCUT2D eigenvalue weighted by Gasteiger charge is -2.20. The van der Waals surface area contributed by atoms with Crippen molar-refractivity contribution in [2.45, 2.75) is 26.7 Å². The molecule has 5 nitrogen and oxygen atoms in total. The van der Waals surface area contributed by atoms with Gasteiger partial charge in [0.25, 0.3) is 0 Å². The van der Waals surface area contributed by atoms with Crippen molar-refractivity contribution in [2.75, 3.05) is 39.3 Å². The molecule has 2 N–H and O–H groups in total. The number of rotatable bonds is 2. The summed E-state index contributed by atoms with van der Waals surface area (Å²) in [5.41, 5.74) is 9.58. The average molecular weight is 301 g/mol. The minimum Gasteiger partial charge on any atom is -0.329 e. The maximum atomic E-state index is 5.70. The molecule has 0 saturated carbocycles. The summed E-state index contributed by atoms with van der Waals surface area (Å²) in [6.45, 7) is 9.38. The van der Waals surface area contributed by atoms with E-state index in [1.165, 1.54) is 0 Å². The fourth-order valence-electron chi connectivity index (χ4n) is 2.57. The molecule has 0 aromatic carbocycles. The second-order valence-corrected chi connectivity index (χ2v) is 5.68. The summed E-state index contributed by atoms with van der Waals surface area (Å²) < 4.78 is 0. The molecule has 0 amide bonds. The maximum Gasteiger partial charge on any atom is 0.0845 e. The molecule has 1 aromatic rings. The third-order valence-electron chi connectivity index (χ3n) is 3.93. The van der Waals surface area contributed by atoms with Crippen molar-refractivity contribution < 1.29 is 0 Å². The molecule has 120 valence electrons. The first-order valence-electron chi connectivity index (χ1n) is 8.13. The van der Waals surface area contributed by atoms with Gasteiger partial charge >= 0.3 is 0 Å². The Balaban J connectivity index is 2.20. The molecule has 0 saturated heterocycles. The molecule has 1 aromatic heterocycles. The van der Waals surface area contributed by atoms with E-state index in [-0.39, 0.29) is 0 Å². The third kappa shape index (κ3) is 5.00. The van der Waals surface area contributed by atoms with E-state index >= 15 is 0 Å². The van der Waals surface area contributed by atoms with E-state index in [0.29, 0.717) is 6.54 Å². The van der Waals surface area contributed by atoms with Gasteiger partial charge in [-0.3, -0.25) is 9.98 Å². The zero-order valence-electron chi connectivity index (χ0n) is 13.8. The van der Waals surface area contributed by atoms with Crippen molar-refractivity contribution >= 4 is 11.4 Å². The van der Waals surface area contributed by atoms with Gasteiger partial charge < -0.3 is 10.6 Å². The Hall–Kier alpha value is -1.59. The van der Waals surface area contributed by atoms with Gasteiger partial charge in [0.15, 0.2) is 0 Å². The van der Waals surface area contributed by atoms with Gasteiger partial charge in [-0.05, 0) is 45.4 Å². The van der Waals surface area contributed by atoms with Gasteiger partial charge in [-0.25, -0.2) is 4.98 Å². The smallest absolute Gasteiger partial charge is 0.0845 e. The zero-order valence-corrected chi connectivity index (χ0v) is 13.8. The number of fused-ring (bicyclic) bond motifs is 2. The van der Waals surface area contributed by atoms with Crippen LogP contribution < -0.4 is 5.73 Å². The first kappa shape index (κ1) is 16.8. The molecule has 0 atom stereocenters. The molecule has 5 heteroatoms. The topological polar surface area (TPSA) is 66.9 Å². The molecule has 1 aliphatic heterocycles. The van der Waals surface area contributed by atoms with Gasteiger partial charge in [0.1, 0.15) is 0 Å². The van der Waals surface area contributed by atoms with Gasteiger partial charge in [0.2, 0.25) is 0 Å². The molecule has 2 rings (SSSR count). The lowest BCUT2D eigenvalue weighted by Crippen LogP contribution is -2.33. The van der Waals surface area contributed by atoms with Crippen LogP contribution in [0, 0.1) is 0 Å². The quantitative estimate of drug-likeness (QED) is 0.905. The third-order valence-corrected chi connectivity index (χ3v) is 3.93. The lowest BCUT2D eigenvalue weighted by atomic mass is 10.2. The number of hydrogen-bond acceptors (Lipinski definition) is 5. The molecule has 0 aliphatic carbocycles. The van der Waals surface area contributed by atoms with Gasteiger partial charge in [-0.2, -0.15) is 0 Å². The second kappa shape index (κ2) is 8.76. The van der Waals surface area contributed by atoms with E-state index < -0.39 is 0 Å². The summed E-state index contributed by atoms with van der Waals surface area (Å²) in [5.74, 6) is 0. The summed E-state index contributed by atoms with van der Waals surface area (Å²) in [6.07, 6.45) is 2.24. The number of pyridine rings is 1.